The highest BCUT2D eigenvalue weighted by atomic mass is 16.5. The highest BCUT2D eigenvalue weighted by Gasteiger charge is 2.04. The molecular weight excluding hydrogens is 252 g/mol. The number of aliphatic hydroxyl groups is 1. The first-order valence-corrected chi connectivity index (χ1v) is 6.52. The van der Waals surface area contributed by atoms with E-state index in [1.165, 1.54) is 5.56 Å². The van der Waals surface area contributed by atoms with Gasteiger partial charge in [0.2, 0.25) is 0 Å². The topological polar surface area (TPSA) is 58.1 Å². The zero-order chi connectivity index (χ0) is 13.9. The van der Waals surface area contributed by atoms with E-state index in [1.54, 1.807) is 0 Å². The van der Waals surface area contributed by atoms with E-state index in [0.29, 0.717) is 6.61 Å². The van der Waals surface area contributed by atoms with Crippen LogP contribution in [-0.2, 0) is 13.2 Å². The third-order valence-electron chi connectivity index (χ3n) is 3.14. The predicted octanol–water partition coefficient (Wildman–Crippen LogP) is 2.94. The third-order valence-corrected chi connectivity index (χ3v) is 3.14. The fourth-order valence-electron chi connectivity index (χ4n) is 2.13. The zero-order valence-corrected chi connectivity index (χ0v) is 11.3. The minimum atomic E-state index is 0.0318. The van der Waals surface area contributed by atoms with Crippen LogP contribution >= 0.6 is 0 Å². The zero-order valence-electron chi connectivity index (χ0n) is 11.3. The number of hydrogen-bond donors (Lipinski definition) is 2. The number of nitrogens with one attached hydrogen (secondary N) is 1. The molecule has 0 saturated heterocycles. The van der Waals surface area contributed by atoms with E-state index in [-0.39, 0.29) is 6.61 Å². The number of fused-ring (bicyclic) bond motifs is 1. The highest BCUT2D eigenvalue weighted by Crippen LogP contribution is 2.17. The number of H-pyrrole nitrogens is 1. The summed E-state index contributed by atoms with van der Waals surface area (Å²) in [5, 5.41) is 9.12. The Balaban J connectivity index is 1.77. The van der Waals surface area contributed by atoms with Gasteiger partial charge in [-0.25, -0.2) is 4.98 Å². The maximum Gasteiger partial charge on any atom is 0.146 e. The summed E-state index contributed by atoms with van der Waals surface area (Å²) in [5.41, 5.74) is 3.83. The molecule has 102 valence electrons. The molecule has 0 unspecified atom stereocenters. The van der Waals surface area contributed by atoms with Crippen molar-refractivity contribution in [2.45, 2.75) is 20.1 Å². The van der Waals surface area contributed by atoms with Crippen LogP contribution in [0.5, 0.6) is 5.75 Å². The van der Waals surface area contributed by atoms with Crippen molar-refractivity contribution < 1.29 is 9.84 Å². The van der Waals surface area contributed by atoms with Crippen LogP contribution in [0.15, 0.2) is 42.5 Å². The average Bonchev–Trinajstić information content (AvgIpc) is 2.87. The molecule has 4 heteroatoms. The number of nitrogens with zero attached hydrogens (tertiary/aromatic N) is 1. The van der Waals surface area contributed by atoms with Crippen molar-refractivity contribution in [3.63, 3.8) is 0 Å². The lowest BCUT2D eigenvalue weighted by Gasteiger charge is -2.04. The molecule has 0 saturated carbocycles. The second-order valence-electron chi connectivity index (χ2n) is 4.80. The Morgan fingerprint density at radius 1 is 1.20 bits per heavy atom. The van der Waals surface area contributed by atoms with E-state index in [9.17, 15) is 0 Å². The van der Waals surface area contributed by atoms with Gasteiger partial charge in [0.25, 0.3) is 0 Å². The first-order valence-electron chi connectivity index (χ1n) is 6.52. The van der Waals surface area contributed by atoms with Gasteiger partial charge >= 0.3 is 0 Å². The Hall–Kier alpha value is -2.33. The summed E-state index contributed by atoms with van der Waals surface area (Å²) in [4.78, 5) is 7.67. The lowest BCUT2D eigenvalue weighted by molar-refractivity contribution is 0.282. The second kappa shape index (κ2) is 5.35. The highest BCUT2D eigenvalue weighted by molar-refractivity contribution is 5.75. The number of rotatable bonds is 4. The number of aliphatic hydroxyl groups excluding tert-OH is 1. The average molecular weight is 268 g/mol. The molecule has 2 N–H and O–H groups in total. The molecule has 1 aromatic heterocycles. The van der Waals surface area contributed by atoms with Crippen molar-refractivity contribution in [3.8, 4) is 5.75 Å². The number of aryl methyl sites for hydroxylation is 1. The molecule has 0 fully saturated rings. The summed E-state index contributed by atoms with van der Waals surface area (Å²) >= 11 is 0. The van der Waals surface area contributed by atoms with Crippen LogP contribution in [0.3, 0.4) is 0 Å². The normalized spacial score (nSPS) is 10.9. The maximum atomic E-state index is 9.12. The standard InChI is InChI=1S/C16H16N2O2/c1-11-3-2-4-13(7-11)20-10-16-17-14-6-5-12(9-19)8-15(14)18-16/h2-8,19H,9-10H2,1H3,(H,17,18). The van der Waals surface area contributed by atoms with Gasteiger partial charge in [-0.3, -0.25) is 0 Å². The van der Waals surface area contributed by atoms with Gasteiger partial charge in [-0.2, -0.15) is 0 Å². The Kier molecular flexibility index (Phi) is 3.39. The van der Waals surface area contributed by atoms with Crippen LogP contribution < -0.4 is 4.74 Å². The van der Waals surface area contributed by atoms with Crippen LogP contribution in [0.2, 0.25) is 0 Å². The Bertz CT molecular complexity index is 734. The fraction of sp³-hybridized carbons (Fsp3) is 0.188. The number of aromatic nitrogens is 2. The molecule has 4 nitrogen and oxygen atoms in total. The number of hydrogen-bond acceptors (Lipinski definition) is 3. The molecule has 0 amide bonds. The van der Waals surface area contributed by atoms with Crippen molar-refractivity contribution >= 4 is 11.0 Å². The molecule has 3 rings (SSSR count). The predicted molar refractivity (Wildman–Crippen MR) is 77.5 cm³/mol. The monoisotopic (exact) mass is 268 g/mol. The molecule has 0 aliphatic carbocycles. The molecule has 0 bridgehead atoms. The van der Waals surface area contributed by atoms with Gasteiger partial charge in [-0.05, 0) is 42.3 Å². The molecule has 0 spiro atoms. The second-order valence-corrected chi connectivity index (χ2v) is 4.80. The van der Waals surface area contributed by atoms with Crippen molar-refractivity contribution in [2.24, 2.45) is 0 Å². The molecule has 0 aliphatic rings. The van der Waals surface area contributed by atoms with E-state index < -0.39 is 0 Å². The number of aromatic amines is 1. The molecule has 1 heterocycles. The summed E-state index contributed by atoms with van der Waals surface area (Å²) in [7, 11) is 0. The van der Waals surface area contributed by atoms with Crippen molar-refractivity contribution in [1.29, 1.82) is 0 Å². The van der Waals surface area contributed by atoms with Crippen molar-refractivity contribution in [2.75, 3.05) is 0 Å². The van der Waals surface area contributed by atoms with Gasteiger partial charge in [0.1, 0.15) is 18.2 Å². The van der Waals surface area contributed by atoms with E-state index in [1.807, 2.05) is 49.4 Å². The maximum absolute atomic E-state index is 9.12. The fourth-order valence-corrected chi connectivity index (χ4v) is 2.13. The van der Waals surface area contributed by atoms with Gasteiger partial charge < -0.3 is 14.8 Å². The lowest BCUT2D eigenvalue weighted by atomic mass is 10.2. The quantitative estimate of drug-likeness (QED) is 0.765. The molecule has 0 radical (unpaired) electrons. The smallest absolute Gasteiger partial charge is 0.146 e. The van der Waals surface area contributed by atoms with Crippen LogP contribution in [0, 0.1) is 6.92 Å². The molecule has 20 heavy (non-hydrogen) atoms. The molecular formula is C16H16N2O2. The first-order chi connectivity index (χ1) is 9.74. The van der Waals surface area contributed by atoms with Gasteiger partial charge in [0.15, 0.2) is 0 Å². The van der Waals surface area contributed by atoms with Crippen LogP contribution in [-0.4, -0.2) is 15.1 Å². The largest absolute Gasteiger partial charge is 0.486 e. The van der Waals surface area contributed by atoms with Crippen molar-refractivity contribution in [3.05, 3.63) is 59.4 Å². The summed E-state index contributed by atoms with van der Waals surface area (Å²) in [6.07, 6.45) is 0. The van der Waals surface area contributed by atoms with Gasteiger partial charge in [-0.1, -0.05) is 18.2 Å². The van der Waals surface area contributed by atoms with Crippen LogP contribution in [0.25, 0.3) is 11.0 Å². The lowest BCUT2D eigenvalue weighted by Crippen LogP contribution is -1.97. The molecule has 0 atom stereocenters. The van der Waals surface area contributed by atoms with E-state index in [4.69, 9.17) is 9.84 Å². The summed E-state index contributed by atoms with van der Waals surface area (Å²) in [6, 6.07) is 13.6. The van der Waals surface area contributed by atoms with Gasteiger partial charge in [0.05, 0.1) is 17.6 Å². The van der Waals surface area contributed by atoms with Crippen LogP contribution in [0.1, 0.15) is 17.0 Å². The first kappa shape index (κ1) is 12.7. The minimum Gasteiger partial charge on any atom is -0.486 e. The van der Waals surface area contributed by atoms with E-state index in [2.05, 4.69) is 9.97 Å². The molecule has 3 aromatic rings. The Labute approximate surface area is 117 Å². The number of imidazole rings is 1. The SMILES string of the molecule is Cc1cccc(OCc2nc3ccc(CO)cc3[nH]2)c1. The van der Waals surface area contributed by atoms with E-state index >= 15 is 0 Å². The third kappa shape index (κ3) is 2.65. The number of ether oxygens (including phenoxy) is 1. The molecule has 2 aromatic carbocycles. The molecule has 0 aliphatic heterocycles. The van der Waals surface area contributed by atoms with E-state index in [0.717, 1.165) is 28.2 Å². The summed E-state index contributed by atoms with van der Waals surface area (Å²) in [6.45, 7) is 2.46. The minimum absolute atomic E-state index is 0.0318. The Morgan fingerprint density at radius 2 is 2.10 bits per heavy atom. The van der Waals surface area contributed by atoms with Gasteiger partial charge in [-0.15, -0.1) is 0 Å². The Morgan fingerprint density at radius 3 is 2.90 bits per heavy atom. The summed E-state index contributed by atoms with van der Waals surface area (Å²) in [5.74, 6) is 1.61. The van der Waals surface area contributed by atoms with Crippen LogP contribution in [0.4, 0.5) is 0 Å². The van der Waals surface area contributed by atoms with Gasteiger partial charge in [0, 0.05) is 0 Å². The number of benzene rings is 2. The summed E-state index contributed by atoms with van der Waals surface area (Å²) < 4.78 is 5.72. The van der Waals surface area contributed by atoms with Crippen molar-refractivity contribution in [1.82, 2.24) is 9.97 Å².